The van der Waals surface area contributed by atoms with Gasteiger partial charge in [0.15, 0.2) is 5.88 Å². The van der Waals surface area contributed by atoms with Crippen LogP contribution in [0.5, 0.6) is 0 Å². The van der Waals surface area contributed by atoms with Gasteiger partial charge in [-0.15, -0.1) is 0 Å². The van der Waals surface area contributed by atoms with Gasteiger partial charge in [-0.3, -0.25) is 0 Å². The molecular weight excluding hydrogens is 308 g/mol. The number of nitriles is 1. The van der Waals surface area contributed by atoms with Crippen molar-refractivity contribution in [2.45, 2.75) is 24.9 Å². The molecule has 2 unspecified atom stereocenters. The molecule has 19 heavy (non-hydrogen) atoms. The maximum atomic E-state index is 9.28. The van der Waals surface area contributed by atoms with Crippen LogP contribution in [0.15, 0.2) is 40.2 Å². The Morgan fingerprint density at radius 2 is 2.11 bits per heavy atom. The number of nitrogens with zero attached hydrogens (tertiary/aromatic N) is 1. The first-order chi connectivity index (χ1) is 9.01. The summed E-state index contributed by atoms with van der Waals surface area (Å²) in [5, 5.41) is 18.5. The van der Waals surface area contributed by atoms with Gasteiger partial charge in [0.2, 0.25) is 0 Å². The van der Waals surface area contributed by atoms with Gasteiger partial charge in [0.1, 0.15) is 17.2 Å². The molecule has 0 saturated heterocycles. The average molecular weight is 323 g/mol. The molecule has 0 aromatic heterocycles. The summed E-state index contributed by atoms with van der Waals surface area (Å²) in [5.41, 5.74) is 6.50. The molecule has 2 rings (SSSR count). The molecule has 0 fully saturated rings. The minimum atomic E-state index is -0.683. The van der Waals surface area contributed by atoms with E-state index in [4.69, 9.17) is 10.5 Å². The number of nitrogens with two attached hydrogens (primary N) is 1. The third-order valence-electron chi connectivity index (χ3n) is 3.44. The van der Waals surface area contributed by atoms with E-state index in [0.29, 0.717) is 12.0 Å². The topological polar surface area (TPSA) is 79.3 Å². The Hall–Kier alpha value is -1.51. The summed E-state index contributed by atoms with van der Waals surface area (Å²) in [4.78, 5) is 0. The van der Waals surface area contributed by atoms with Crippen LogP contribution in [0.1, 0.15) is 24.8 Å². The van der Waals surface area contributed by atoms with Gasteiger partial charge in [-0.05, 0) is 24.6 Å². The highest BCUT2D eigenvalue weighted by atomic mass is 79.9. The van der Waals surface area contributed by atoms with Gasteiger partial charge in [-0.25, -0.2) is 0 Å². The van der Waals surface area contributed by atoms with E-state index >= 15 is 0 Å². The molecule has 1 heterocycles. The summed E-state index contributed by atoms with van der Waals surface area (Å²) < 4.78 is 6.62. The highest BCUT2D eigenvalue weighted by Gasteiger charge is 2.46. The monoisotopic (exact) mass is 322 g/mol. The number of aliphatic hydroxyl groups excluding tert-OH is 1. The van der Waals surface area contributed by atoms with Gasteiger partial charge in [0.25, 0.3) is 0 Å². The molecule has 0 radical (unpaired) electrons. The Morgan fingerprint density at radius 3 is 2.63 bits per heavy atom. The second-order valence-corrected chi connectivity index (χ2v) is 5.68. The zero-order chi connectivity index (χ0) is 14.0. The van der Waals surface area contributed by atoms with Crippen LogP contribution >= 0.6 is 15.9 Å². The van der Waals surface area contributed by atoms with Crippen molar-refractivity contribution < 1.29 is 9.84 Å². The Bertz CT molecular complexity index is 548. The van der Waals surface area contributed by atoms with Gasteiger partial charge in [0, 0.05) is 17.5 Å². The van der Waals surface area contributed by atoms with Crippen molar-refractivity contribution in [1.29, 1.82) is 5.26 Å². The lowest BCUT2D eigenvalue weighted by molar-refractivity contribution is 0.00766. The summed E-state index contributed by atoms with van der Waals surface area (Å²) in [6.07, 6.45) is 0.416. The zero-order valence-electron chi connectivity index (χ0n) is 10.6. The lowest BCUT2D eigenvalue weighted by atomic mass is 9.78. The molecule has 1 aliphatic heterocycles. The van der Waals surface area contributed by atoms with Crippen molar-refractivity contribution in [2.24, 2.45) is 5.73 Å². The van der Waals surface area contributed by atoms with E-state index in [1.165, 1.54) is 0 Å². The second-order valence-electron chi connectivity index (χ2n) is 4.76. The van der Waals surface area contributed by atoms with Crippen LogP contribution in [-0.4, -0.2) is 17.3 Å². The number of hydrogen-bond acceptors (Lipinski definition) is 4. The molecule has 0 amide bonds. The first kappa shape index (κ1) is 13.9. The average Bonchev–Trinajstić information content (AvgIpc) is 2.61. The molecule has 1 aromatic rings. The fourth-order valence-corrected chi connectivity index (χ4v) is 2.79. The van der Waals surface area contributed by atoms with E-state index < -0.39 is 5.60 Å². The summed E-state index contributed by atoms with van der Waals surface area (Å²) in [6.45, 7) is 1.85. The highest BCUT2D eigenvalue weighted by molar-refractivity contribution is 9.10. The van der Waals surface area contributed by atoms with Crippen molar-refractivity contribution in [1.82, 2.24) is 0 Å². The van der Waals surface area contributed by atoms with Crippen molar-refractivity contribution in [3.63, 3.8) is 0 Å². The molecule has 5 heteroatoms. The standard InChI is InChI=1S/C14H15BrN2O2/c1-14(6-7-18)12(11(8-16)13(17)19-14)9-2-4-10(15)5-3-9/h2-5,12,18H,6-7,17H2,1H3. The van der Waals surface area contributed by atoms with E-state index in [2.05, 4.69) is 22.0 Å². The Balaban J connectivity index is 2.47. The first-order valence-corrected chi connectivity index (χ1v) is 6.76. The van der Waals surface area contributed by atoms with Crippen molar-refractivity contribution in [3.8, 4) is 6.07 Å². The van der Waals surface area contributed by atoms with Crippen LogP contribution < -0.4 is 5.73 Å². The number of rotatable bonds is 3. The van der Waals surface area contributed by atoms with E-state index in [1.807, 2.05) is 31.2 Å². The number of benzene rings is 1. The Labute approximate surface area is 120 Å². The molecule has 0 bridgehead atoms. The Kier molecular flexibility index (Phi) is 3.83. The van der Waals surface area contributed by atoms with Gasteiger partial charge >= 0.3 is 0 Å². The minimum Gasteiger partial charge on any atom is -0.471 e. The number of aliphatic hydroxyl groups is 1. The summed E-state index contributed by atoms with van der Waals surface area (Å²) >= 11 is 3.38. The largest absolute Gasteiger partial charge is 0.471 e. The third kappa shape index (κ3) is 2.46. The van der Waals surface area contributed by atoms with Gasteiger partial charge in [-0.1, -0.05) is 28.1 Å². The quantitative estimate of drug-likeness (QED) is 0.895. The van der Waals surface area contributed by atoms with Crippen molar-refractivity contribution >= 4 is 15.9 Å². The molecule has 1 aliphatic rings. The second kappa shape index (κ2) is 5.24. The maximum Gasteiger partial charge on any atom is 0.199 e. The molecular formula is C14H15BrN2O2. The summed E-state index contributed by atoms with van der Waals surface area (Å²) in [6, 6.07) is 9.82. The van der Waals surface area contributed by atoms with Crippen molar-refractivity contribution in [2.75, 3.05) is 6.61 Å². The number of hydrogen-bond donors (Lipinski definition) is 2. The summed E-state index contributed by atoms with van der Waals surface area (Å²) in [7, 11) is 0. The molecule has 2 atom stereocenters. The van der Waals surface area contributed by atoms with Gasteiger partial charge in [0.05, 0.1) is 5.92 Å². The maximum absolute atomic E-state index is 9.28. The fourth-order valence-electron chi connectivity index (χ4n) is 2.52. The van der Waals surface area contributed by atoms with E-state index in [-0.39, 0.29) is 18.4 Å². The SMILES string of the molecule is CC1(CCO)OC(N)=C(C#N)C1c1ccc(Br)cc1. The predicted molar refractivity (Wildman–Crippen MR) is 74.9 cm³/mol. The number of halogens is 1. The molecule has 0 aliphatic carbocycles. The molecule has 4 nitrogen and oxygen atoms in total. The molecule has 0 saturated carbocycles. The van der Waals surface area contributed by atoms with E-state index in [0.717, 1.165) is 10.0 Å². The van der Waals surface area contributed by atoms with Gasteiger partial charge in [-0.2, -0.15) is 5.26 Å². The minimum absolute atomic E-state index is 0.0183. The van der Waals surface area contributed by atoms with Crippen LogP contribution in [0.2, 0.25) is 0 Å². The molecule has 100 valence electrons. The van der Waals surface area contributed by atoms with Gasteiger partial charge < -0.3 is 15.6 Å². The van der Waals surface area contributed by atoms with E-state index in [1.54, 1.807) is 0 Å². The third-order valence-corrected chi connectivity index (χ3v) is 3.97. The molecule has 3 N–H and O–H groups in total. The van der Waals surface area contributed by atoms with Crippen LogP contribution in [0.25, 0.3) is 0 Å². The lowest BCUT2D eigenvalue weighted by Crippen LogP contribution is -2.33. The highest BCUT2D eigenvalue weighted by Crippen LogP contribution is 2.46. The first-order valence-electron chi connectivity index (χ1n) is 5.97. The number of ether oxygens (including phenoxy) is 1. The van der Waals surface area contributed by atoms with Crippen LogP contribution in [0.4, 0.5) is 0 Å². The van der Waals surface area contributed by atoms with Crippen LogP contribution in [-0.2, 0) is 4.74 Å². The zero-order valence-corrected chi connectivity index (χ0v) is 12.1. The molecule has 1 aromatic carbocycles. The van der Waals surface area contributed by atoms with Crippen LogP contribution in [0.3, 0.4) is 0 Å². The Morgan fingerprint density at radius 1 is 1.47 bits per heavy atom. The normalized spacial score (nSPS) is 26.1. The fraction of sp³-hybridized carbons (Fsp3) is 0.357. The predicted octanol–water partition coefficient (Wildman–Crippen LogP) is 2.40. The molecule has 0 spiro atoms. The van der Waals surface area contributed by atoms with E-state index in [9.17, 15) is 10.4 Å². The van der Waals surface area contributed by atoms with Crippen molar-refractivity contribution in [3.05, 3.63) is 45.8 Å². The smallest absolute Gasteiger partial charge is 0.199 e. The van der Waals surface area contributed by atoms with Crippen LogP contribution in [0, 0.1) is 11.3 Å². The summed E-state index contributed by atoms with van der Waals surface area (Å²) in [5.74, 6) is -0.0934. The lowest BCUT2D eigenvalue weighted by Gasteiger charge is -2.31.